The highest BCUT2D eigenvalue weighted by Gasteiger charge is 2.18. The minimum Gasteiger partial charge on any atom is -0.496 e. The lowest BCUT2D eigenvalue weighted by Gasteiger charge is -2.31. The van der Waals surface area contributed by atoms with Crippen LogP contribution in [-0.4, -0.2) is 62.5 Å². The Morgan fingerprint density at radius 1 is 1.25 bits per heavy atom. The number of likely N-dealkylation sites (N-methyl/N-ethyl adjacent to an activating group) is 1. The third kappa shape index (κ3) is 3.58. The van der Waals surface area contributed by atoms with E-state index in [1.54, 1.807) is 7.11 Å². The van der Waals surface area contributed by atoms with Crippen LogP contribution in [0.25, 0.3) is 0 Å². The normalized spacial score (nSPS) is 17.1. The SMILES string of the molecule is CCc1cc(C(=O)CN2CCN(C)CC2)ccc1OC. The van der Waals surface area contributed by atoms with Crippen LogP contribution in [0.5, 0.6) is 5.75 Å². The largest absolute Gasteiger partial charge is 0.496 e. The van der Waals surface area contributed by atoms with Crippen molar-refractivity contribution in [1.82, 2.24) is 9.80 Å². The van der Waals surface area contributed by atoms with E-state index in [9.17, 15) is 4.79 Å². The fourth-order valence-electron chi connectivity index (χ4n) is 2.53. The molecule has 0 N–H and O–H groups in total. The van der Waals surface area contributed by atoms with Crippen molar-refractivity contribution in [3.63, 3.8) is 0 Å². The summed E-state index contributed by atoms with van der Waals surface area (Å²) in [6.07, 6.45) is 0.874. The minimum atomic E-state index is 0.201. The van der Waals surface area contributed by atoms with Crippen molar-refractivity contribution >= 4 is 5.78 Å². The molecule has 2 rings (SSSR count). The number of nitrogens with zero attached hydrogens (tertiary/aromatic N) is 2. The number of methoxy groups -OCH3 is 1. The molecule has 0 atom stereocenters. The van der Waals surface area contributed by atoms with E-state index in [0.29, 0.717) is 6.54 Å². The Balaban J connectivity index is 2.02. The zero-order valence-electron chi connectivity index (χ0n) is 12.7. The molecule has 1 aromatic rings. The van der Waals surface area contributed by atoms with E-state index in [2.05, 4.69) is 23.8 Å². The minimum absolute atomic E-state index is 0.201. The van der Waals surface area contributed by atoms with Crippen molar-refractivity contribution in [2.24, 2.45) is 0 Å². The van der Waals surface area contributed by atoms with Crippen molar-refractivity contribution in [2.75, 3.05) is 46.9 Å². The predicted molar refractivity (Wildman–Crippen MR) is 80.6 cm³/mol. The lowest BCUT2D eigenvalue weighted by Crippen LogP contribution is -2.46. The predicted octanol–water partition coefficient (Wildman–Crippen LogP) is 1.69. The van der Waals surface area contributed by atoms with Crippen LogP contribution >= 0.6 is 0 Å². The molecule has 4 nitrogen and oxygen atoms in total. The molecule has 0 saturated carbocycles. The second kappa shape index (κ2) is 6.86. The van der Waals surface area contributed by atoms with E-state index < -0.39 is 0 Å². The quantitative estimate of drug-likeness (QED) is 0.766. The van der Waals surface area contributed by atoms with E-state index in [4.69, 9.17) is 4.74 Å². The number of Topliss-reactive ketones (excluding diaryl/α,β-unsaturated/α-hetero) is 1. The number of carbonyl (C=O) groups is 1. The van der Waals surface area contributed by atoms with Gasteiger partial charge in [-0.1, -0.05) is 6.92 Å². The summed E-state index contributed by atoms with van der Waals surface area (Å²) >= 11 is 0. The van der Waals surface area contributed by atoms with Crippen LogP contribution in [0.3, 0.4) is 0 Å². The number of hydrogen-bond acceptors (Lipinski definition) is 4. The molecule has 0 aliphatic carbocycles. The highest BCUT2D eigenvalue weighted by Crippen LogP contribution is 2.20. The van der Waals surface area contributed by atoms with Crippen LogP contribution in [0.2, 0.25) is 0 Å². The summed E-state index contributed by atoms with van der Waals surface area (Å²) in [5.41, 5.74) is 1.89. The molecule has 0 bridgehead atoms. The third-order valence-corrected chi connectivity index (χ3v) is 3.95. The van der Waals surface area contributed by atoms with Crippen LogP contribution in [0, 0.1) is 0 Å². The molecule has 110 valence electrons. The fourth-order valence-corrected chi connectivity index (χ4v) is 2.53. The smallest absolute Gasteiger partial charge is 0.176 e. The van der Waals surface area contributed by atoms with Crippen molar-refractivity contribution < 1.29 is 9.53 Å². The molecule has 1 aliphatic rings. The van der Waals surface area contributed by atoms with Crippen molar-refractivity contribution in [2.45, 2.75) is 13.3 Å². The standard InChI is InChI=1S/C16H24N2O2/c1-4-13-11-14(5-6-16(13)20-3)15(19)12-18-9-7-17(2)8-10-18/h5-6,11H,4,7-10,12H2,1-3H3. The van der Waals surface area contributed by atoms with Gasteiger partial charge in [0.2, 0.25) is 0 Å². The maximum Gasteiger partial charge on any atom is 0.176 e. The van der Waals surface area contributed by atoms with Gasteiger partial charge in [0.1, 0.15) is 5.75 Å². The fraction of sp³-hybridized carbons (Fsp3) is 0.562. The van der Waals surface area contributed by atoms with Gasteiger partial charge < -0.3 is 9.64 Å². The molecule has 20 heavy (non-hydrogen) atoms. The number of aryl methyl sites for hydroxylation is 1. The molecule has 0 spiro atoms. The number of ether oxygens (including phenoxy) is 1. The first-order valence-electron chi connectivity index (χ1n) is 7.25. The highest BCUT2D eigenvalue weighted by molar-refractivity contribution is 5.98. The molecular weight excluding hydrogens is 252 g/mol. The summed E-state index contributed by atoms with van der Waals surface area (Å²) < 4.78 is 5.31. The second-order valence-electron chi connectivity index (χ2n) is 5.38. The summed E-state index contributed by atoms with van der Waals surface area (Å²) in [5, 5.41) is 0. The lowest BCUT2D eigenvalue weighted by atomic mass is 10.0. The van der Waals surface area contributed by atoms with Gasteiger partial charge in [-0.2, -0.15) is 0 Å². The molecule has 0 aromatic heterocycles. The van der Waals surface area contributed by atoms with Gasteiger partial charge in [-0.3, -0.25) is 9.69 Å². The summed E-state index contributed by atoms with van der Waals surface area (Å²) in [4.78, 5) is 16.9. The van der Waals surface area contributed by atoms with Crippen LogP contribution in [0.4, 0.5) is 0 Å². The number of benzene rings is 1. The van der Waals surface area contributed by atoms with Gasteiger partial charge in [0.15, 0.2) is 5.78 Å². The maximum absolute atomic E-state index is 12.4. The molecule has 0 unspecified atom stereocenters. The Morgan fingerprint density at radius 3 is 2.55 bits per heavy atom. The van der Waals surface area contributed by atoms with E-state index in [1.807, 2.05) is 18.2 Å². The Kier molecular flexibility index (Phi) is 5.15. The van der Waals surface area contributed by atoms with Gasteiger partial charge in [0, 0.05) is 31.7 Å². The average molecular weight is 276 g/mol. The first-order chi connectivity index (χ1) is 9.63. The monoisotopic (exact) mass is 276 g/mol. The van der Waals surface area contributed by atoms with E-state index in [0.717, 1.165) is 49.5 Å². The summed E-state index contributed by atoms with van der Waals surface area (Å²) in [5.74, 6) is 1.07. The molecule has 1 fully saturated rings. The number of piperazine rings is 1. The van der Waals surface area contributed by atoms with Crippen LogP contribution in [0.15, 0.2) is 18.2 Å². The van der Waals surface area contributed by atoms with Gasteiger partial charge >= 0.3 is 0 Å². The zero-order valence-corrected chi connectivity index (χ0v) is 12.7. The van der Waals surface area contributed by atoms with E-state index >= 15 is 0 Å². The van der Waals surface area contributed by atoms with Crippen molar-refractivity contribution in [3.8, 4) is 5.75 Å². The van der Waals surface area contributed by atoms with Crippen LogP contribution < -0.4 is 4.74 Å². The van der Waals surface area contributed by atoms with Gasteiger partial charge in [-0.05, 0) is 37.2 Å². The molecule has 0 amide bonds. The summed E-state index contributed by atoms with van der Waals surface area (Å²) in [7, 11) is 3.79. The van der Waals surface area contributed by atoms with Gasteiger partial charge in [0.05, 0.1) is 13.7 Å². The first-order valence-corrected chi connectivity index (χ1v) is 7.25. The molecule has 0 radical (unpaired) electrons. The molecule has 1 saturated heterocycles. The molecule has 1 aromatic carbocycles. The Morgan fingerprint density at radius 2 is 1.95 bits per heavy atom. The molecule has 1 heterocycles. The number of hydrogen-bond donors (Lipinski definition) is 0. The Bertz CT molecular complexity index is 466. The highest BCUT2D eigenvalue weighted by atomic mass is 16.5. The Labute approximate surface area is 121 Å². The lowest BCUT2D eigenvalue weighted by molar-refractivity contribution is 0.0876. The Hall–Kier alpha value is -1.39. The van der Waals surface area contributed by atoms with Crippen LogP contribution in [-0.2, 0) is 6.42 Å². The van der Waals surface area contributed by atoms with Gasteiger partial charge in [-0.25, -0.2) is 0 Å². The topological polar surface area (TPSA) is 32.8 Å². The van der Waals surface area contributed by atoms with Gasteiger partial charge in [-0.15, -0.1) is 0 Å². The third-order valence-electron chi connectivity index (χ3n) is 3.95. The van der Waals surface area contributed by atoms with Crippen molar-refractivity contribution in [3.05, 3.63) is 29.3 Å². The van der Waals surface area contributed by atoms with Crippen LogP contribution in [0.1, 0.15) is 22.8 Å². The molecule has 1 aliphatic heterocycles. The second-order valence-corrected chi connectivity index (χ2v) is 5.38. The summed E-state index contributed by atoms with van der Waals surface area (Å²) in [6, 6.07) is 5.74. The van der Waals surface area contributed by atoms with E-state index in [-0.39, 0.29) is 5.78 Å². The zero-order chi connectivity index (χ0) is 14.5. The number of rotatable bonds is 5. The van der Waals surface area contributed by atoms with Gasteiger partial charge in [0.25, 0.3) is 0 Å². The summed E-state index contributed by atoms with van der Waals surface area (Å²) in [6.45, 7) is 6.61. The molecular formula is C16H24N2O2. The maximum atomic E-state index is 12.4. The van der Waals surface area contributed by atoms with Crippen molar-refractivity contribution in [1.29, 1.82) is 0 Å². The molecule has 4 heteroatoms. The average Bonchev–Trinajstić information content (AvgIpc) is 2.48. The first kappa shape index (κ1) is 15.0. The number of ketones is 1. The van der Waals surface area contributed by atoms with E-state index in [1.165, 1.54) is 0 Å². The number of carbonyl (C=O) groups excluding carboxylic acids is 1.